The van der Waals surface area contributed by atoms with Gasteiger partial charge in [0, 0.05) is 16.1 Å². The second-order valence-electron chi connectivity index (χ2n) is 8.11. The van der Waals surface area contributed by atoms with Gasteiger partial charge < -0.3 is 14.7 Å². The topological polar surface area (TPSA) is 66.8 Å². The van der Waals surface area contributed by atoms with E-state index in [-0.39, 0.29) is 5.91 Å². The number of ether oxygens (including phenoxy) is 1. The Hall–Kier alpha value is -3.31. The van der Waals surface area contributed by atoms with Crippen LogP contribution < -0.4 is 4.74 Å². The van der Waals surface area contributed by atoms with E-state index in [0.29, 0.717) is 23.4 Å². The van der Waals surface area contributed by atoms with E-state index in [1.54, 1.807) is 32.2 Å². The Bertz CT molecular complexity index is 1160. The highest BCUT2D eigenvalue weighted by molar-refractivity contribution is 6.31. The van der Waals surface area contributed by atoms with Crippen molar-refractivity contribution in [2.75, 3.05) is 7.11 Å². The van der Waals surface area contributed by atoms with Gasteiger partial charge >= 0.3 is 5.97 Å². The molecule has 1 amide bonds. The number of para-hydroxylation sites is 1. The number of carbonyl (C=O) groups excluding carboxylic acids is 1. The summed E-state index contributed by atoms with van der Waals surface area (Å²) in [5, 5.41) is 10.5. The normalized spacial score (nSPS) is 20.2. The molecule has 0 bridgehead atoms. The molecular formula is C26H24ClNO4. The highest BCUT2D eigenvalue weighted by atomic mass is 35.5. The predicted octanol–water partition coefficient (Wildman–Crippen LogP) is 5.84. The van der Waals surface area contributed by atoms with Gasteiger partial charge in [-0.1, -0.05) is 60.1 Å². The number of rotatable bonds is 5. The molecule has 6 heteroatoms. The zero-order valence-electron chi connectivity index (χ0n) is 17.9. The van der Waals surface area contributed by atoms with Gasteiger partial charge in [-0.25, -0.2) is 4.79 Å². The Morgan fingerprint density at radius 1 is 1.03 bits per heavy atom. The van der Waals surface area contributed by atoms with Crippen LogP contribution in [0.15, 0.2) is 72.8 Å². The molecule has 1 aliphatic heterocycles. The molecule has 32 heavy (non-hydrogen) atoms. The first-order chi connectivity index (χ1) is 15.4. The molecule has 0 unspecified atom stereocenters. The summed E-state index contributed by atoms with van der Waals surface area (Å²) in [4.78, 5) is 27.3. The molecule has 1 saturated heterocycles. The Morgan fingerprint density at radius 3 is 2.34 bits per heavy atom. The smallest absolute Gasteiger partial charge is 0.329 e. The zero-order valence-corrected chi connectivity index (χ0v) is 18.7. The Labute approximate surface area is 192 Å². The number of hydrogen-bond donors (Lipinski definition) is 1. The molecule has 1 N–H and O–H groups in total. The van der Waals surface area contributed by atoms with Crippen molar-refractivity contribution in [1.82, 2.24) is 4.90 Å². The first kappa shape index (κ1) is 21.9. The van der Waals surface area contributed by atoms with Crippen LogP contribution in [-0.4, -0.2) is 34.5 Å². The monoisotopic (exact) mass is 449 g/mol. The summed E-state index contributed by atoms with van der Waals surface area (Å²) in [7, 11) is 1.62. The molecule has 3 aromatic carbocycles. The largest absolute Gasteiger partial charge is 0.496 e. The summed E-state index contributed by atoms with van der Waals surface area (Å²) in [5.74, 6) is -0.613. The third-order valence-electron chi connectivity index (χ3n) is 6.24. The van der Waals surface area contributed by atoms with E-state index < -0.39 is 17.6 Å². The van der Waals surface area contributed by atoms with Gasteiger partial charge in [0.1, 0.15) is 11.3 Å². The lowest BCUT2D eigenvalue weighted by Crippen LogP contribution is -2.51. The van der Waals surface area contributed by atoms with E-state index in [0.717, 1.165) is 22.4 Å². The third kappa shape index (κ3) is 3.73. The van der Waals surface area contributed by atoms with Gasteiger partial charge in [-0.3, -0.25) is 4.79 Å². The zero-order chi connectivity index (χ0) is 22.9. The number of benzene rings is 3. The van der Waals surface area contributed by atoms with E-state index in [4.69, 9.17) is 16.3 Å². The van der Waals surface area contributed by atoms with Crippen LogP contribution in [0, 0.1) is 0 Å². The van der Waals surface area contributed by atoms with Crippen molar-refractivity contribution in [1.29, 1.82) is 0 Å². The van der Waals surface area contributed by atoms with Gasteiger partial charge in [-0.2, -0.15) is 0 Å². The summed E-state index contributed by atoms with van der Waals surface area (Å²) in [5.41, 5.74) is 1.69. The highest BCUT2D eigenvalue weighted by Crippen LogP contribution is 2.45. The number of carbonyl (C=O) groups is 2. The second-order valence-corrected chi connectivity index (χ2v) is 8.51. The molecule has 0 saturated carbocycles. The molecule has 2 atom stereocenters. The molecule has 0 spiro atoms. The lowest BCUT2D eigenvalue weighted by atomic mass is 9.98. The summed E-state index contributed by atoms with van der Waals surface area (Å²) in [6.45, 7) is 1.60. The SMILES string of the molecule is COc1ccccc1-c1ccc(C(=O)N2[C@@H](c3ccccc3Cl)CC[C@@]2(C)C(=O)O)cc1. The van der Waals surface area contributed by atoms with Crippen LogP contribution in [0.5, 0.6) is 5.75 Å². The van der Waals surface area contributed by atoms with Crippen LogP contribution >= 0.6 is 11.6 Å². The molecule has 1 aliphatic rings. The fourth-order valence-electron chi connectivity index (χ4n) is 4.44. The average molecular weight is 450 g/mol. The van der Waals surface area contributed by atoms with Gasteiger partial charge in [-0.15, -0.1) is 0 Å². The highest BCUT2D eigenvalue weighted by Gasteiger charge is 2.51. The van der Waals surface area contributed by atoms with Crippen LogP contribution in [0.1, 0.15) is 41.7 Å². The molecule has 4 rings (SSSR count). The maximum atomic E-state index is 13.6. The van der Waals surface area contributed by atoms with Gasteiger partial charge in [-0.05, 0) is 55.2 Å². The van der Waals surface area contributed by atoms with E-state index >= 15 is 0 Å². The van der Waals surface area contributed by atoms with Crippen LogP contribution in [0.25, 0.3) is 11.1 Å². The second kappa shape index (κ2) is 8.67. The minimum absolute atomic E-state index is 0.330. The lowest BCUT2D eigenvalue weighted by molar-refractivity contribution is -0.147. The molecule has 0 radical (unpaired) electrons. The number of carboxylic acid groups (broad SMARTS) is 1. The van der Waals surface area contributed by atoms with E-state index in [1.807, 2.05) is 54.6 Å². The summed E-state index contributed by atoms with van der Waals surface area (Å²) < 4.78 is 5.43. The van der Waals surface area contributed by atoms with Crippen molar-refractivity contribution in [2.24, 2.45) is 0 Å². The van der Waals surface area contributed by atoms with Crippen molar-refractivity contribution >= 4 is 23.5 Å². The van der Waals surface area contributed by atoms with Crippen molar-refractivity contribution < 1.29 is 19.4 Å². The average Bonchev–Trinajstić information content (AvgIpc) is 3.17. The van der Waals surface area contributed by atoms with Crippen LogP contribution in [0.2, 0.25) is 5.02 Å². The lowest BCUT2D eigenvalue weighted by Gasteiger charge is -2.36. The Kier molecular flexibility index (Phi) is 5.94. The van der Waals surface area contributed by atoms with Crippen LogP contribution in [0.3, 0.4) is 0 Å². The van der Waals surface area contributed by atoms with Crippen LogP contribution in [-0.2, 0) is 4.79 Å². The molecule has 1 heterocycles. The van der Waals surface area contributed by atoms with Crippen molar-refractivity contribution in [3.05, 3.63) is 88.9 Å². The summed E-state index contributed by atoms with van der Waals surface area (Å²) in [6.07, 6.45) is 0.876. The summed E-state index contributed by atoms with van der Waals surface area (Å²) in [6, 6.07) is 21.7. The van der Waals surface area contributed by atoms with E-state index in [1.165, 1.54) is 4.90 Å². The molecule has 5 nitrogen and oxygen atoms in total. The maximum absolute atomic E-state index is 13.6. The third-order valence-corrected chi connectivity index (χ3v) is 6.59. The minimum Gasteiger partial charge on any atom is -0.496 e. The molecule has 1 fully saturated rings. The number of methoxy groups -OCH3 is 1. The molecule has 0 aliphatic carbocycles. The molecule has 3 aromatic rings. The molecular weight excluding hydrogens is 426 g/mol. The number of nitrogens with zero attached hydrogens (tertiary/aromatic N) is 1. The number of carboxylic acids is 1. The maximum Gasteiger partial charge on any atom is 0.329 e. The van der Waals surface area contributed by atoms with E-state index in [2.05, 4.69) is 0 Å². The number of amides is 1. The molecule has 0 aromatic heterocycles. The quantitative estimate of drug-likeness (QED) is 0.531. The molecule has 164 valence electrons. The van der Waals surface area contributed by atoms with E-state index in [9.17, 15) is 14.7 Å². The van der Waals surface area contributed by atoms with Crippen LogP contribution in [0.4, 0.5) is 0 Å². The first-order valence-electron chi connectivity index (χ1n) is 10.4. The number of aliphatic carboxylic acids is 1. The summed E-state index contributed by atoms with van der Waals surface area (Å²) >= 11 is 6.41. The fourth-order valence-corrected chi connectivity index (χ4v) is 4.70. The van der Waals surface area contributed by atoms with Gasteiger partial charge in [0.05, 0.1) is 13.2 Å². The standard InChI is InChI=1S/C26H24ClNO4/c1-26(25(30)31)16-15-22(20-8-3-5-9-21(20)27)28(26)24(29)18-13-11-17(12-14-18)19-7-4-6-10-23(19)32-2/h3-14,22H,15-16H2,1-2H3,(H,30,31)/t22-,26+/m1/s1. The Morgan fingerprint density at radius 2 is 1.69 bits per heavy atom. The first-order valence-corrected chi connectivity index (χ1v) is 10.8. The number of hydrogen-bond acceptors (Lipinski definition) is 3. The van der Waals surface area contributed by atoms with Gasteiger partial charge in [0.2, 0.25) is 0 Å². The van der Waals surface area contributed by atoms with Crippen molar-refractivity contribution in [2.45, 2.75) is 31.3 Å². The van der Waals surface area contributed by atoms with Gasteiger partial charge in [0.25, 0.3) is 5.91 Å². The number of halogens is 1. The number of likely N-dealkylation sites (tertiary alicyclic amines) is 1. The van der Waals surface area contributed by atoms with Crippen molar-refractivity contribution in [3.8, 4) is 16.9 Å². The van der Waals surface area contributed by atoms with Crippen molar-refractivity contribution in [3.63, 3.8) is 0 Å². The van der Waals surface area contributed by atoms with Gasteiger partial charge in [0.15, 0.2) is 0 Å². The predicted molar refractivity (Wildman–Crippen MR) is 124 cm³/mol. The minimum atomic E-state index is -1.32. The Balaban J connectivity index is 1.72. The fraction of sp³-hybridized carbons (Fsp3) is 0.231.